The van der Waals surface area contributed by atoms with Crippen LogP contribution in [-0.4, -0.2) is 34.3 Å². The number of primary amides is 1. The number of nitrogens with two attached hydrogens (primary N) is 1. The number of carbonyl (C=O) groups excluding carboxylic acids is 2. The Labute approximate surface area is 212 Å². The number of para-hydroxylation sites is 1. The molecule has 0 fully saturated rings. The lowest BCUT2D eigenvalue weighted by molar-refractivity contribution is 0.0996. The van der Waals surface area contributed by atoms with Crippen molar-refractivity contribution in [3.05, 3.63) is 109 Å². The van der Waals surface area contributed by atoms with Gasteiger partial charge in [0.1, 0.15) is 0 Å². The normalized spacial score (nSPS) is 11.4. The van der Waals surface area contributed by atoms with Crippen LogP contribution < -0.4 is 10.6 Å². The van der Waals surface area contributed by atoms with Crippen LogP contribution in [0.3, 0.4) is 0 Å². The molecule has 0 saturated heterocycles. The minimum absolute atomic E-state index is 0.0296. The third-order valence-electron chi connectivity index (χ3n) is 5.85. The van der Waals surface area contributed by atoms with Crippen LogP contribution in [0.1, 0.15) is 15.9 Å². The van der Waals surface area contributed by atoms with Crippen molar-refractivity contribution in [2.45, 2.75) is 11.8 Å². The molecule has 0 bridgehead atoms. The van der Waals surface area contributed by atoms with E-state index in [9.17, 15) is 18.0 Å². The summed E-state index contributed by atoms with van der Waals surface area (Å²) < 4.78 is 28.2. The fourth-order valence-electron chi connectivity index (χ4n) is 3.99. The van der Waals surface area contributed by atoms with Crippen LogP contribution in [0.2, 0.25) is 0 Å². The van der Waals surface area contributed by atoms with Gasteiger partial charge < -0.3 is 5.73 Å². The molecule has 0 atom stereocenters. The second-order valence-corrected chi connectivity index (χ2v) is 10.1. The second kappa shape index (κ2) is 9.32. The number of imide groups is 1. The molecular formula is C27H21N5O4S. The Kier molecular flexibility index (Phi) is 6.02. The predicted octanol–water partition coefficient (Wildman–Crippen LogP) is 4.37. The van der Waals surface area contributed by atoms with Gasteiger partial charge in [-0.3, -0.25) is 9.78 Å². The lowest BCUT2D eigenvalue weighted by Gasteiger charge is -2.18. The van der Waals surface area contributed by atoms with E-state index in [1.165, 1.54) is 24.5 Å². The average Bonchev–Trinajstić information content (AvgIpc) is 3.30. The van der Waals surface area contributed by atoms with E-state index in [1.54, 1.807) is 67.0 Å². The lowest BCUT2D eigenvalue weighted by Crippen LogP contribution is -2.40. The first kappa shape index (κ1) is 23.9. The number of aromatic nitrogens is 3. The molecule has 0 spiro atoms. The van der Waals surface area contributed by atoms with Gasteiger partial charge in [-0.1, -0.05) is 42.0 Å². The smallest absolute Gasteiger partial charge is 0.326 e. The van der Waals surface area contributed by atoms with Gasteiger partial charge in [0, 0.05) is 41.3 Å². The Hall–Kier alpha value is -4.83. The molecule has 5 rings (SSSR count). The number of rotatable bonds is 5. The second-order valence-electron chi connectivity index (χ2n) is 8.31. The Balaban J connectivity index is 1.75. The van der Waals surface area contributed by atoms with Crippen molar-refractivity contribution in [2.24, 2.45) is 5.73 Å². The molecular weight excluding hydrogens is 490 g/mol. The molecule has 10 heteroatoms. The number of hydrogen-bond acceptors (Lipinski definition) is 6. The molecule has 0 saturated carbocycles. The number of aryl methyl sites for hydroxylation is 1. The third kappa shape index (κ3) is 4.34. The minimum atomic E-state index is -4.13. The monoisotopic (exact) mass is 511 g/mol. The Bertz CT molecular complexity index is 1730. The van der Waals surface area contributed by atoms with E-state index in [0.29, 0.717) is 5.56 Å². The highest BCUT2D eigenvalue weighted by molar-refractivity contribution is 7.90. The van der Waals surface area contributed by atoms with E-state index < -0.39 is 22.0 Å². The maximum atomic E-state index is 13.7. The Morgan fingerprint density at radius 3 is 2.30 bits per heavy atom. The molecule has 0 aliphatic heterocycles. The maximum absolute atomic E-state index is 13.7. The number of urea groups is 1. The molecule has 5 aromatic rings. The molecule has 2 N–H and O–H groups in total. The Morgan fingerprint density at radius 2 is 1.65 bits per heavy atom. The summed E-state index contributed by atoms with van der Waals surface area (Å²) in [5.74, 6) is -0.785. The number of anilines is 1. The quantitative estimate of drug-likeness (QED) is 0.373. The molecule has 37 heavy (non-hydrogen) atoms. The molecule has 3 aromatic heterocycles. The first-order chi connectivity index (χ1) is 17.8. The van der Waals surface area contributed by atoms with Crippen LogP contribution in [0.4, 0.5) is 10.5 Å². The van der Waals surface area contributed by atoms with Crippen molar-refractivity contribution < 1.29 is 18.0 Å². The topological polar surface area (TPSA) is 128 Å². The summed E-state index contributed by atoms with van der Waals surface area (Å²) >= 11 is 0. The van der Waals surface area contributed by atoms with Crippen molar-refractivity contribution in [1.29, 1.82) is 0 Å². The van der Waals surface area contributed by atoms with E-state index in [4.69, 9.17) is 5.73 Å². The van der Waals surface area contributed by atoms with E-state index in [1.807, 2.05) is 13.0 Å². The zero-order chi connectivity index (χ0) is 26.2. The molecule has 3 heterocycles. The van der Waals surface area contributed by atoms with E-state index in [2.05, 4.69) is 9.97 Å². The molecule has 0 radical (unpaired) electrons. The van der Waals surface area contributed by atoms with Crippen LogP contribution in [-0.2, 0) is 10.0 Å². The van der Waals surface area contributed by atoms with Gasteiger partial charge in [0.15, 0.2) is 5.65 Å². The Morgan fingerprint density at radius 1 is 0.919 bits per heavy atom. The third-order valence-corrected chi connectivity index (χ3v) is 7.52. The van der Waals surface area contributed by atoms with Crippen LogP contribution in [0.15, 0.2) is 102 Å². The van der Waals surface area contributed by atoms with E-state index >= 15 is 0 Å². The fraction of sp³-hybridized carbons (Fsp3) is 0.0370. The number of amides is 3. The van der Waals surface area contributed by atoms with Crippen molar-refractivity contribution in [1.82, 2.24) is 13.9 Å². The number of benzene rings is 2. The van der Waals surface area contributed by atoms with E-state index in [-0.39, 0.29) is 27.2 Å². The number of hydrogen-bond donors (Lipinski definition) is 1. The summed E-state index contributed by atoms with van der Waals surface area (Å²) in [6, 6.07) is 18.7. The van der Waals surface area contributed by atoms with Gasteiger partial charge in [-0.15, -0.1) is 0 Å². The molecule has 184 valence electrons. The van der Waals surface area contributed by atoms with Gasteiger partial charge in [0.05, 0.1) is 16.1 Å². The number of nitrogens with zero attached hydrogens (tertiary/aromatic N) is 4. The standard InChI is InChI=1S/C27H21N5O4S/c1-18-9-11-22(12-10-18)37(35,36)31-17-24(26(33)32(27(28)34)21-7-3-2-4-8-21)23-14-20(16-30-25(23)31)19-6-5-13-29-15-19/h2-17H,1H3,(H2,28,34). The van der Waals surface area contributed by atoms with Crippen molar-refractivity contribution in [3.8, 4) is 11.1 Å². The molecule has 2 aromatic carbocycles. The highest BCUT2D eigenvalue weighted by atomic mass is 32.2. The van der Waals surface area contributed by atoms with Crippen molar-refractivity contribution in [3.63, 3.8) is 0 Å². The summed E-state index contributed by atoms with van der Waals surface area (Å²) in [5.41, 5.74) is 8.06. The number of fused-ring (bicyclic) bond motifs is 1. The summed E-state index contributed by atoms with van der Waals surface area (Å²) in [5, 5.41) is 0.240. The summed E-state index contributed by atoms with van der Waals surface area (Å²) in [6.45, 7) is 1.85. The SMILES string of the molecule is Cc1ccc(S(=O)(=O)n2cc(C(=O)N(C(N)=O)c3ccccc3)c3cc(-c4cccnc4)cnc32)cc1. The fourth-order valence-corrected chi connectivity index (χ4v) is 5.31. The molecule has 0 unspecified atom stereocenters. The average molecular weight is 512 g/mol. The maximum Gasteiger partial charge on any atom is 0.326 e. The van der Waals surface area contributed by atoms with Crippen LogP contribution in [0.25, 0.3) is 22.2 Å². The summed E-state index contributed by atoms with van der Waals surface area (Å²) in [4.78, 5) is 35.5. The van der Waals surface area contributed by atoms with Gasteiger partial charge in [0.2, 0.25) is 0 Å². The summed E-state index contributed by atoms with van der Waals surface area (Å²) in [7, 11) is -4.13. The molecule has 3 amide bonds. The van der Waals surface area contributed by atoms with Gasteiger partial charge >= 0.3 is 6.03 Å². The van der Waals surface area contributed by atoms with E-state index in [0.717, 1.165) is 20.0 Å². The first-order valence-corrected chi connectivity index (χ1v) is 12.6. The van der Waals surface area contributed by atoms with Gasteiger partial charge in [-0.25, -0.2) is 27.1 Å². The number of carbonyl (C=O) groups is 2. The summed E-state index contributed by atoms with van der Waals surface area (Å²) in [6.07, 6.45) is 5.95. The molecule has 0 aliphatic rings. The molecule has 0 aliphatic carbocycles. The molecule has 9 nitrogen and oxygen atoms in total. The van der Waals surface area contributed by atoms with Gasteiger partial charge in [0.25, 0.3) is 15.9 Å². The van der Waals surface area contributed by atoms with Gasteiger partial charge in [-0.2, -0.15) is 0 Å². The highest BCUT2D eigenvalue weighted by Crippen LogP contribution is 2.30. The zero-order valence-corrected chi connectivity index (χ0v) is 20.5. The highest BCUT2D eigenvalue weighted by Gasteiger charge is 2.30. The van der Waals surface area contributed by atoms with Crippen molar-refractivity contribution >= 4 is 38.7 Å². The first-order valence-electron chi connectivity index (χ1n) is 11.2. The van der Waals surface area contributed by atoms with Gasteiger partial charge in [-0.05, 0) is 43.3 Å². The minimum Gasteiger partial charge on any atom is -0.351 e. The lowest BCUT2D eigenvalue weighted by atomic mass is 10.1. The van der Waals surface area contributed by atoms with Crippen molar-refractivity contribution in [2.75, 3.05) is 4.90 Å². The predicted molar refractivity (Wildman–Crippen MR) is 140 cm³/mol. The van der Waals surface area contributed by atoms with Crippen LogP contribution >= 0.6 is 0 Å². The van der Waals surface area contributed by atoms with Crippen LogP contribution in [0, 0.1) is 6.92 Å². The number of pyridine rings is 2. The zero-order valence-electron chi connectivity index (χ0n) is 19.6. The largest absolute Gasteiger partial charge is 0.351 e. The van der Waals surface area contributed by atoms with Crippen LogP contribution in [0.5, 0.6) is 0 Å².